The van der Waals surface area contributed by atoms with Gasteiger partial charge in [-0.3, -0.25) is 10.1 Å². The van der Waals surface area contributed by atoms with Crippen LogP contribution in [0.2, 0.25) is 0 Å². The van der Waals surface area contributed by atoms with E-state index in [1.165, 1.54) is 12.1 Å². The van der Waals surface area contributed by atoms with E-state index in [-0.39, 0.29) is 5.69 Å². The highest BCUT2D eigenvalue weighted by Gasteiger charge is 2.22. The maximum atomic E-state index is 11.3. The van der Waals surface area contributed by atoms with E-state index in [2.05, 4.69) is 0 Å². The topological polar surface area (TPSA) is 91.7 Å². The van der Waals surface area contributed by atoms with E-state index < -0.39 is 4.92 Å². The Morgan fingerprint density at radius 2 is 1.45 bits per heavy atom. The van der Waals surface area contributed by atoms with Crippen molar-refractivity contribution < 1.29 is 4.92 Å². The van der Waals surface area contributed by atoms with Gasteiger partial charge >= 0.3 is 0 Å². The summed E-state index contributed by atoms with van der Waals surface area (Å²) < 4.78 is 4.76. The summed E-state index contributed by atoms with van der Waals surface area (Å²) in [7, 11) is 0. The highest BCUT2D eigenvalue weighted by molar-refractivity contribution is 7.20. The van der Waals surface area contributed by atoms with Crippen LogP contribution < -0.4 is 0 Å². The first kappa shape index (κ1) is 23.7. The molecule has 0 aliphatic carbocycles. The monoisotopic (exact) mass is 540 g/mol. The standard InChI is InChI=1S/C31H20N6O2S/c38-37(39)24-17-15-22(16-18-24)30-25(20-35(34-30)23-11-5-2-6-12-23)28-19-27(21-9-3-1-4-10-21)33-36(28)31-32-26-13-7-8-14-29(26)40-31/h1-20H. The lowest BCUT2D eigenvalue weighted by Gasteiger charge is -2.05. The summed E-state index contributed by atoms with van der Waals surface area (Å²) in [4.78, 5) is 15.8. The second-order valence-corrected chi connectivity index (χ2v) is 10.1. The van der Waals surface area contributed by atoms with Crippen LogP contribution in [0.5, 0.6) is 0 Å². The first-order valence-corrected chi connectivity index (χ1v) is 13.4. The molecule has 3 aromatic heterocycles. The molecule has 9 heteroatoms. The predicted octanol–water partition coefficient (Wildman–Crippen LogP) is 7.58. The Balaban J connectivity index is 1.47. The van der Waals surface area contributed by atoms with Gasteiger partial charge in [-0.25, -0.2) is 14.3 Å². The van der Waals surface area contributed by atoms with Gasteiger partial charge in [0.05, 0.1) is 32.2 Å². The summed E-state index contributed by atoms with van der Waals surface area (Å²) in [5.74, 6) is 0. The van der Waals surface area contributed by atoms with Crippen LogP contribution in [-0.2, 0) is 0 Å². The number of thiazole rings is 1. The Kier molecular flexibility index (Phi) is 5.76. The summed E-state index contributed by atoms with van der Waals surface area (Å²) >= 11 is 1.56. The molecule has 0 radical (unpaired) electrons. The zero-order chi connectivity index (χ0) is 27.1. The van der Waals surface area contributed by atoms with Gasteiger partial charge in [0.2, 0.25) is 5.13 Å². The van der Waals surface area contributed by atoms with Gasteiger partial charge in [0.1, 0.15) is 5.69 Å². The van der Waals surface area contributed by atoms with Gasteiger partial charge < -0.3 is 0 Å². The van der Waals surface area contributed by atoms with Crippen molar-refractivity contribution in [3.63, 3.8) is 0 Å². The lowest BCUT2D eigenvalue weighted by molar-refractivity contribution is -0.384. The number of nitrogens with zero attached hydrogens (tertiary/aromatic N) is 6. The van der Waals surface area contributed by atoms with Crippen LogP contribution in [0.25, 0.3) is 54.8 Å². The van der Waals surface area contributed by atoms with Gasteiger partial charge in [-0.1, -0.05) is 72.0 Å². The molecule has 0 unspecified atom stereocenters. The summed E-state index contributed by atoms with van der Waals surface area (Å²) in [5, 5.41) is 22.0. The summed E-state index contributed by atoms with van der Waals surface area (Å²) in [6, 6.07) is 36.4. The van der Waals surface area contributed by atoms with Crippen LogP contribution in [-0.4, -0.2) is 29.5 Å². The molecule has 0 saturated carbocycles. The Morgan fingerprint density at radius 3 is 2.17 bits per heavy atom. The maximum absolute atomic E-state index is 11.3. The lowest BCUT2D eigenvalue weighted by atomic mass is 10.0. The predicted molar refractivity (Wildman–Crippen MR) is 157 cm³/mol. The minimum absolute atomic E-state index is 0.0265. The zero-order valence-corrected chi connectivity index (χ0v) is 21.8. The van der Waals surface area contributed by atoms with Crippen LogP contribution >= 0.6 is 11.3 Å². The largest absolute Gasteiger partial charge is 0.269 e. The van der Waals surface area contributed by atoms with Gasteiger partial charge in [0.25, 0.3) is 5.69 Å². The number of nitro groups is 1. The number of para-hydroxylation sites is 2. The number of benzene rings is 4. The fourth-order valence-corrected chi connectivity index (χ4v) is 5.58. The number of aromatic nitrogens is 5. The van der Waals surface area contributed by atoms with E-state index >= 15 is 0 Å². The molecule has 0 fully saturated rings. The van der Waals surface area contributed by atoms with Crippen molar-refractivity contribution in [3.8, 4) is 44.6 Å². The van der Waals surface area contributed by atoms with E-state index in [4.69, 9.17) is 15.2 Å². The molecular formula is C31H20N6O2S. The molecule has 0 aliphatic rings. The minimum Gasteiger partial charge on any atom is -0.258 e. The number of fused-ring (bicyclic) bond motifs is 1. The van der Waals surface area contributed by atoms with Crippen molar-refractivity contribution in [1.29, 1.82) is 0 Å². The second-order valence-electron chi connectivity index (χ2n) is 9.13. The molecule has 7 rings (SSSR count). The third-order valence-electron chi connectivity index (χ3n) is 6.61. The Labute approximate surface area is 232 Å². The Morgan fingerprint density at radius 1 is 0.750 bits per heavy atom. The maximum Gasteiger partial charge on any atom is 0.269 e. The Hall–Kier alpha value is -5.41. The molecule has 7 aromatic rings. The molecule has 8 nitrogen and oxygen atoms in total. The average Bonchev–Trinajstić information content (AvgIpc) is 3.74. The lowest BCUT2D eigenvalue weighted by Crippen LogP contribution is -1.99. The van der Waals surface area contributed by atoms with E-state index in [9.17, 15) is 10.1 Å². The number of hydrogen-bond acceptors (Lipinski definition) is 6. The van der Waals surface area contributed by atoms with Crippen LogP contribution in [0.3, 0.4) is 0 Å². The van der Waals surface area contributed by atoms with Crippen molar-refractivity contribution in [3.05, 3.63) is 132 Å². The molecule has 192 valence electrons. The van der Waals surface area contributed by atoms with E-state index in [1.807, 2.05) is 107 Å². The Bertz CT molecular complexity index is 1940. The van der Waals surface area contributed by atoms with Gasteiger partial charge in [-0.2, -0.15) is 10.2 Å². The highest BCUT2D eigenvalue weighted by atomic mass is 32.1. The van der Waals surface area contributed by atoms with Gasteiger partial charge in [0, 0.05) is 35.0 Å². The van der Waals surface area contributed by atoms with Crippen molar-refractivity contribution in [1.82, 2.24) is 24.5 Å². The molecule has 0 N–H and O–H groups in total. The van der Waals surface area contributed by atoms with Crippen LogP contribution in [0, 0.1) is 10.1 Å². The van der Waals surface area contributed by atoms with Gasteiger partial charge in [-0.05, 0) is 42.5 Å². The molecule has 0 spiro atoms. The summed E-state index contributed by atoms with van der Waals surface area (Å²) in [6.07, 6.45) is 1.97. The molecule has 0 saturated heterocycles. The summed E-state index contributed by atoms with van der Waals surface area (Å²) in [5.41, 5.74) is 6.69. The molecular weight excluding hydrogens is 520 g/mol. The third-order valence-corrected chi connectivity index (χ3v) is 7.62. The number of nitro benzene ring substituents is 1. The van der Waals surface area contributed by atoms with Crippen molar-refractivity contribution in [2.75, 3.05) is 0 Å². The van der Waals surface area contributed by atoms with Gasteiger partial charge in [-0.15, -0.1) is 0 Å². The fourth-order valence-electron chi connectivity index (χ4n) is 4.65. The van der Waals surface area contributed by atoms with Crippen LogP contribution in [0.1, 0.15) is 0 Å². The smallest absolute Gasteiger partial charge is 0.258 e. The highest BCUT2D eigenvalue weighted by Crippen LogP contribution is 2.37. The molecule has 40 heavy (non-hydrogen) atoms. The fraction of sp³-hybridized carbons (Fsp3) is 0. The van der Waals surface area contributed by atoms with Crippen LogP contribution in [0.15, 0.2) is 121 Å². The van der Waals surface area contributed by atoms with Crippen LogP contribution in [0.4, 0.5) is 5.69 Å². The zero-order valence-electron chi connectivity index (χ0n) is 21.0. The third kappa shape index (κ3) is 4.24. The number of hydrogen-bond donors (Lipinski definition) is 0. The molecule has 3 heterocycles. The second kappa shape index (κ2) is 9.72. The van der Waals surface area contributed by atoms with Crippen molar-refractivity contribution >= 4 is 27.2 Å². The normalized spacial score (nSPS) is 11.2. The number of rotatable bonds is 6. The molecule has 4 aromatic carbocycles. The number of non-ortho nitro benzene ring substituents is 1. The van der Waals surface area contributed by atoms with E-state index in [0.717, 1.165) is 49.1 Å². The molecule has 0 bridgehead atoms. The van der Waals surface area contributed by atoms with E-state index in [0.29, 0.717) is 5.69 Å². The van der Waals surface area contributed by atoms with Crippen molar-refractivity contribution in [2.24, 2.45) is 0 Å². The quantitative estimate of drug-likeness (QED) is 0.160. The van der Waals surface area contributed by atoms with Gasteiger partial charge in [0.15, 0.2) is 0 Å². The molecule has 0 aliphatic heterocycles. The molecule has 0 amide bonds. The first-order valence-electron chi connectivity index (χ1n) is 12.6. The first-order chi connectivity index (χ1) is 19.6. The molecule has 0 atom stereocenters. The van der Waals surface area contributed by atoms with Crippen molar-refractivity contribution in [2.45, 2.75) is 0 Å². The average molecular weight is 541 g/mol. The summed E-state index contributed by atoms with van der Waals surface area (Å²) in [6.45, 7) is 0. The minimum atomic E-state index is -0.401. The van der Waals surface area contributed by atoms with E-state index in [1.54, 1.807) is 23.5 Å². The SMILES string of the molecule is O=[N+]([O-])c1ccc(-c2nn(-c3ccccc3)cc2-c2cc(-c3ccccc3)nn2-c2nc3ccccc3s2)cc1.